The number of aliphatic hydroxyl groups is 1. The fourth-order valence-corrected chi connectivity index (χ4v) is 1.85. The molecule has 0 aromatic heterocycles. The molecule has 1 N–H and O–H groups in total. The van der Waals surface area contributed by atoms with Crippen LogP contribution in [0.2, 0.25) is 0 Å². The van der Waals surface area contributed by atoms with Crippen LogP contribution in [0.1, 0.15) is 26.2 Å². The van der Waals surface area contributed by atoms with Gasteiger partial charge in [-0.25, -0.2) is 4.99 Å². The lowest BCUT2D eigenvalue weighted by molar-refractivity contribution is 0.0502. The predicted octanol–water partition coefficient (Wildman–Crippen LogP) is 0.717. The zero-order valence-corrected chi connectivity index (χ0v) is 6.66. The zero-order chi connectivity index (χ0) is 7.84. The van der Waals surface area contributed by atoms with Gasteiger partial charge >= 0.3 is 0 Å². The minimum Gasteiger partial charge on any atom is -0.476 e. The molecule has 3 unspecified atom stereocenters. The number of aliphatic hydroxyl groups excluding tert-OH is 1. The number of aliphatic imine (C=N–C) groups is 1. The van der Waals surface area contributed by atoms with Crippen molar-refractivity contribution >= 4 is 5.90 Å². The summed E-state index contributed by atoms with van der Waals surface area (Å²) in [5, 5.41) is 9.31. The average Bonchev–Trinajstić information content (AvgIpc) is 2.27. The van der Waals surface area contributed by atoms with E-state index in [-0.39, 0.29) is 12.2 Å². The van der Waals surface area contributed by atoms with E-state index in [0.29, 0.717) is 6.04 Å². The lowest BCUT2D eigenvalue weighted by atomic mass is 9.91. The summed E-state index contributed by atoms with van der Waals surface area (Å²) in [6.07, 6.45) is 2.60. The highest BCUT2D eigenvalue weighted by molar-refractivity contribution is 5.75. The van der Waals surface area contributed by atoms with Crippen LogP contribution in [0.25, 0.3) is 0 Å². The van der Waals surface area contributed by atoms with Crippen LogP contribution in [0.4, 0.5) is 0 Å². The summed E-state index contributed by atoms with van der Waals surface area (Å²) < 4.78 is 5.43. The van der Waals surface area contributed by atoms with Crippen molar-refractivity contribution < 1.29 is 9.84 Å². The summed E-state index contributed by atoms with van der Waals surface area (Å²) in [5.41, 5.74) is 0. The average molecular weight is 155 g/mol. The molecular weight excluding hydrogens is 142 g/mol. The van der Waals surface area contributed by atoms with Gasteiger partial charge in [-0.2, -0.15) is 0 Å². The first-order valence-electron chi connectivity index (χ1n) is 4.15. The molecule has 1 fully saturated rings. The number of ether oxygens (including phenoxy) is 1. The fraction of sp³-hybridized carbons (Fsp3) is 0.875. The van der Waals surface area contributed by atoms with Crippen molar-refractivity contribution in [3.63, 3.8) is 0 Å². The Hall–Kier alpha value is -0.570. The number of hydrogen-bond acceptors (Lipinski definition) is 3. The molecule has 62 valence electrons. The molecule has 3 atom stereocenters. The maximum Gasteiger partial charge on any atom is 0.180 e. The Morgan fingerprint density at radius 2 is 2.36 bits per heavy atom. The minimum atomic E-state index is -0.169. The second-order valence-electron chi connectivity index (χ2n) is 3.34. The fourth-order valence-electron chi connectivity index (χ4n) is 1.85. The highest BCUT2D eigenvalue weighted by Gasteiger charge is 2.34. The third kappa shape index (κ3) is 1.25. The Balaban J connectivity index is 2.03. The molecule has 3 nitrogen and oxygen atoms in total. The van der Waals surface area contributed by atoms with E-state index in [2.05, 4.69) is 4.99 Å². The zero-order valence-electron chi connectivity index (χ0n) is 6.66. The highest BCUT2D eigenvalue weighted by atomic mass is 16.5. The van der Waals surface area contributed by atoms with Gasteiger partial charge in [0.25, 0.3) is 0 Å². The summed E-state index contributed by atoms with van der Waals surface area (Å²) in [7, 11) is 0. The molecule has 0 aromatic carbocycles. The molecule has 0 radical (unpaired) electrons. The van der Waals surface area contributed by atoms with Gasteiger partial charge in [0.15, 0.2) is 5.90 Å². The van der Waals surface area contributed by atoms with Gasteiger partial charge in [-0.3, -0.25) is 0 Å². The van der Waals surface area contributed by atoms with Gasteiger partial charge < -0.3 is 9.84 Å². The van der Waals surface area contributed by atoms with E-state index >= 15 is 0 Å². The second-order valence-corrected chi connectivity index (χ2v) is 3.34. The molecule has 2 rings (SSSR count). The molecule has 1 aliphatic carbocycles. The van der Waals surface area contributed by atoms with Crippen molar-refractivity contribution in [1.29, 1.82) is 0 Å². The van der Waals surface area contributed by atoms with Crippen LogP contribution in [-0.4, -0.2) is 29.3 Å². The van der Waals surface area contributed by atoms with Crippen LogP contribution in [0.5, 0.6) is 0 Å². The first kappa shape index (κ1) is 7.10. The Labute approximate surface area is 66.1 Å². The van der Waals surface area contributed by atoms with Crippen molar-refractivity contribution in [2.75, 3.05) is 0 Å². The first-order valence-corrected chi connectivity index (χ1v) is 4.15. The van der Waals surface area contributed by atoms with Gasteiger partial charge in [0.05, 0.1) is 12.1 Å². The quantitative estimate of drug-likeness (QED) is 0.560. The largest absolute Gasteiger partial charge is 0.476 e. The van der Waals surface area contributed by atoms with Crippen LogP contribution < -0.4 is 0 Å². The van der Waals surface area contributed by atoms with Crippen molar-refractivity contribution in [2.45, 2.75) is 44.4 Å². The van der Waals surface area contributed by atoms with Crippen molar-refractivity contribution in [3.8, 4) is 0 Å². The number of fused-ring (bicyclic) bond motifs is 1. The van der Waals surface area contributed by atoms with Gasteiger partial charge in [-0.15, -0.1) is 0 Å². The maximum atomic E-state index is 9.31. The third-order valence-corrected chi connectivity index (χ3v) is 2.40. The van der Waals surface area contributed by atoms with E-state index < -0.39 is 0 Å². The molecule has 0 saturated heterocycles. The van der Waals surface area contributed by atoms with Gasteiger partial charge in [0.1, 0.15) is 6.10 Å². The van der Waals surface area contributed by atoms with Crippen LogP contribution in [0.3, 0.4) is 0 Å². The van der Waals surface area contributed by atoms with E-state index in [4.69, 9.17) is 4.74 Å². The molecular formula is C8H13NO2. The van der Waals surface area contributed by atoms with Crippen molar-refractivity contribution in [3.05, 3.63) is 0 Å². The molecule has 1 heterocycles. The smallest absolute Gasteiger partial charge is 0.180 e. The van der Waals surface area contributed by atoms with E-state index in [0.717, 1.165) is 25.2 Å². The monoisotopic (exact) mass is 155 g/mol. The Kier molecular flexibility index (Phi) is 1.60. The summed E-state index contributed by atoms with van der Waals surface area (Å²) in [6, 6.07) is 0.332. The lowest BCUT2D eigenvalue weighted by Gasteiger charge is -2.26. The molecule has 1 saturated carbocycles. The lowest BCUT2D eigenvalue weighted by Crippen LogP contribution is -2.33. The molecule has 3 heteroatoms. The van der Waals surface area contributed by atoms with E-state index in [1.807, 2.05) is 6.92 Å². The van der Waals surface area contributed by atoms with Gasteiger partial charge in [0, 0.05) is 13.3 Å². The molecule has 11 heavy (non-hydrogen) atoms. The molecule has 2 aliphatic rings. The van der Waals surface area contributed by atoms with E-state index in [1.165, 1.54) is 0 Å². The van der Waals surface area contributed by atoms with E-state index in [1.54, 1.807) is 0 Å². The molecule has 0 spiro atoms. The van der Waals surface area contributed by atoms with Crippen LogP contribution in [-0.2, 0) is 4.74 Å². The van der Waals surface area contributed by atoms with Gasteiger partial charge in [-0.05, 0) is 12.8 Å². The number of nitrogens with zero attached hydrogens (tertiary/aromatic N) is 1. The van der Waals surface area contributed by atoms with Crippen LogP contribution >= 0.6 is 0 Å². The Bertz CT molecular complexity index is 191. The predicted molar refractivity (Wildman–Crippen MR) is 41.6 cm³/mol. The normalized spacial score (nSPS) is 42.7. The first-order chi connectivity index (χ1) is 5.25. The maximum absolute atomic E-state index is 9.31. The topological polar surface area (TPSA) is 41.8 Å². The molecule has 0 bridgehead atoms. The van der Waals surface area contributed by atoms with Crippen molar-refractivity contribution in [2.24, 2.45) is 4.99 Å². The summed E-state index contributed by atoms with van der Waals surface area (Å²) >= 11 is 0. The van der Waals surface area contributed by atoms with Gasteiger partial charge in [0.2, 0.25) is 0 Å². The summed E-state index contributed by atoms with van der Waals surface area (Å²) in [6.45, 7) is 1.88. The molecule has 1 aliphatic heterocycles. The molecule has 0 amide bonds. The summed E-state index contributed by atoms with van der Waals surface area (Å²) in [4.78, 5) is 4.33. The van der Waals surface area contributed by atoms with Crippen LogP contribution in [0, 0.1) is 0 Å². The highest BCUT2D eigenvalue weighted by Crippen LogP contribution is 2.28. The minimum absolute atomic E-state index is 0.166. The second kappa shape index (κ2) is 2.48. The molecule has 0 aromatic rings. The van der Waals surface area contributed by atoms with Crippen molar-refractivity contribution in [1.82, 2.24) is 0 Å². The summed E-state index contributed by atoms with van der Waals surface area (Å²) in [5.74, 6) is 0.786. The number of rotatable bonds is 0. The number of hydrogen-bond donors (Lipinski definition) is 1. The van der Waals surface area contributed by atoms with E-state index in [9.17, 15) is 5.11 Å². The standard InChI is InChI=1S/C8H13NO2/c1-5-9-7-3-2-6(10)4-8(7)11-5/h6-8,10H,2-4H2,1H3. The van der Waals surface area contributed by atoms with Crippen LogP contribution in [0.15, 0.2) is 4.99 Å². The third-order valence-electron chi connectivity index (χ3n) is 2.40. The SMILES string of the molecule is CC1=NC2CCC(O)CC2O1. The Morgan fingerprint density at radius 1 is 1.55 bits per heavy atom. The Morgan fingerprint density at radius 3 is 3.18 bits per heavy atom. The van der Waals surface area contributed by atoms with Gasteiger partial charge in [-0.1, -0.05) is 0 Å².